The Morgan fingerprint density at radius 1 is 1.06 bits per heavy atom. The van der Waals surface area contributed by atoms with Gasteiger partial charge >= 0.3 is 11.9 Å². The Balaban J connectivity index is 3.20. The lowest BCUT2D eigenvalue weighted by atomic mass is 10.1. The molecule has 0 fully saturated rings. The number of hydrogen-bond acceptors (Lipinski definition) is 4. The molecule has 0 bridgehead atoms. The minimum Gasteiger partial charge on any atom is -0.481 e. The Morgan fingerprint density at radius 3 is 2.38 bits per heavy atom. The summed E-state index contributed by atoms with van der Waals surface area (Å²) in [6.07, 6.45) is 4.26. The van der Waals surface area contributed by atoms with E-state index in [1.807, 2.05) is 6.92 Å². The second-order valence-corrected chi connectivity index (χ2v) is 3.59. The minimum absolute atomic E-state index is 0.155. The van der Waals surface area contributed by atoms with Gasteiger partial charge in [-0.2, -0.15) is 4.89 Å². The van der Waals surface area contributed by atoms with Crippen LogP contribution in [-0.4, -0.2) is 23.7 Å². The SMILES string of the molecule is CCCCOOC(=O)CCCCCC(=O)O. The predicted octanol–water partition coefficient (Wildman–Crippen LogP) is 2.30. The summed E-state index contributed by atoms with van der Waals surface area (Å²) in [5, 5.41) is 8.38. The lowest BCUT2D eigenvalue weighted by Crippen LogP contribution is -2.06. The maximum Gasteiger partial charge on any atom is 0.342 e. The number of carboxylic acid groups (broad SMARTS) is 1. The van der Waals surface area contributed by atoms with Gasteiger partial charge in [-0.05, 0) is 19.3 Å². The van der Waals surface area contributed by atoms with Crippen molar-refractivity contribution in [2.24, 2.45) is 0 Å². The van der Waals surface area contributed by atoms with Gasteiger partial charge in [0.1, 0.15) is 0 Å². The first-order chi connectivity index (χ1) is 7.66. The Morgan fingerprint density at radius 2 is 1.75 bits per heavy atom. The van der Waals surface area contributed by atoms with Gasteiger partial charge in [0.2, 0.25) is 0 Å². The molecule has 0 spiro atoms. The molecule has 0 aromatic rings. The average molecular weight is 232 g/mol. The van der Waals surface area contributed by atoms with E-state index in [9.17, 15) is 9.59 Å². The monoisotopic (exact) mass is 232 g/mol. The molecule has 0 aromatic heterocycles. The summed E-state index contributed by atoms with van der Waals surface area (Å²) in [6, 6.07) is 0. The summed E-state index contributed by atoms with van der Waals surface area (Å²) in [6.45, 7) is 2.45. The van der Waals surface area contributed by atoms with Crippen molar-refractivity contribution in [2.45, 2.75) is 51.9 Å². The Kier molecular flexibility index (Phi) is 9.70. The van der Waals surface area contributed by atoms with Crippen molar-refractivity contribution >= 4 is 11.9 Å². The van der Waals surface area contributed by atoms with Crippen LogP contribution in [0.15, 0.2) is 0 Å². The molecule has 0 radical (unpaired) electrons. The molecule has 0 heterocycles. The Labute approximate surface area is 95.7 Å². The predicted molar refractivity (Wildman–Crippen MR) is 57.7 cm³/mol. The van der Waals surface area contributed by atoms with Gasteiger partial charge in [0, 0.05) is 12.8 Å². The molecule has 0 atom stereocenters. The van der Waals surface area contributed by atoms with Crippen molar-refractivity contribution < 1.29 is 24.5 Å². The van der Waals surface area contributed by atoms with Gasteiger partial charge in [-0.1, -0.05) is 19.8 Å². The van der Waals surface area contributed by atoms with E-state index >= 15 is 0 Å². The van der Waals surface area contributed by atoms with Crippen LogP contribution in [0.1, 0.15) is 51.9 Å². The fraction of sp³-hybridized carbons (Fsp3) is 0.818. The summed E-state index contributed by atoms with van der Waals surface area (Å²) in [4.78, 5) is 30.4. The Bertz CT molecular complexity index is 203. The first-order valence-electron chi connectivity index (χ1n) is 5.71. The smallest absolute Gasteiger partial charge is 0.342 e. The number of hydrogen-bond donors (Lipinski definition) is 1. The maximum absolute atomic E-state index is 11.0. The summed E-state index contributed by atoms with van der Waals surface area (Å²) in [7, 11) is 0. The fourth-order valence-corrected chi connectivity index (χ4v) is 1.07. The number of aliphatic carboxylic acids is 1. The van der Waals surface area contributed by atoms with E-state index in [2.05, 4.69) is 9.78 Å². The second-order valence-electron chi connectivity index (χ2n) is 3.59. The number of carbonyl (C=O) groups is 2. The quantitative estimate of drug-likeness (QED) is 0.355. The van der Waals surface area contributed by atoms with Gasteiger partial charge in [-0.15, -0.1) is 0 Å². The number of rotatable bonds is 10. The number of unbranched alkanes of at least 4 members (excludes halogenated alkanes) is 3. The fourth-order valence-electron chi connectivity index (χ4n) is 1.07. The summed E-state index contributed by atoms with van der Waals surface area (Å²) < 4.78 is 0. The molecular weight excluding hydrogens is 212 g/mol. The molecule has 1 N–H and O–H groups in total. The third kappa shape index (κ3) is 11.0. The summed E-state index contributed by atoms with van der Waals surface area (Å²) in [5.41, 5.74) is 0. The second kappa shape index (κ2) is 10.4. The zero-order chi connectivity index (χ0) is 12.2. The van der Waals surface area contributed by atoms with Crippen molar-refractivity contribution in [3.63, 3.8) is 0 Å². The van der Waals surface area contributed by atoms with Crippen LogP contribution in [0.25, 0.3) is 0 Å². The first kappa shape index (κ1) is 14.9. The van der Waals surface area contributed by atoms with Crippen LogP contribution in [0.3, 0.4) is 0 Å². The van der Waals surface area contributed by atoms with E-state index in [0.29, 0.717) is 19.4 Å². The molecule has 0 aliphatic heterocycles. The largest absolute Gasteiger partial charge is 0.481 e. The van der Waals surface area contributed by atoms with E-state index < -0.39 is 5.97 Å². The molecule has 0 amide bonds. The maximum atomic E-state index is 11.0. The van der Waals surface area contributed by atoms with Gasteiger partial charge in [0.15, 0.2) is 0 Å². The van der Waals surface area contributed by atoms with Crippen LogP contribution in [0, 0.1) is 0 Å². The van der Waals surface area contributed by atoms with E-state index in [1.165, 1.54) is 0 Å². The van der Waals surface area contributed by atoms with Crippen molar-refractivity contribution in [2.75, 3.05) is 6.61 Å². The van der Waals surface area contributed by atoms with Crippen LogP contribution in [0.5, 0.6) is 0 Å². The summed E-state index contributed by atoms with van der Waals surface area (Å²) >= 11 is 0. The lowest BCUT2D eigenvalue weighted by Gasteiger charge is -2.02. The highest BCUT2D eigenvalue weighted by atomic mass is 17.2. The standard InChI is InChI=1S/C11H20O5/c1-2-3-9-15-16-11(14)8-6-4-5-7-10(12)13/h2-9H2,1H3,(H,12,13). The van der Waals surface area contributed by atoms with Gasteiger partial charge in [0.05, 0.1) is 6.61 Å². The molecule has 94 valence electrons. The van der Waals surface area contributed by atoms with Crippen LogP contribution in [0.2, 0.25) is 0 Å². The topological polar surface area (TPSA) is 72.8 Å². The molecule has 0 aliphatic rings. The van der Waals surface area contributed by atoms with Crippen molar-refractivity contribution in [1.29, 1.82) is 0 Å². The number of carboxylic acids is 1. The van der Waals surface area contributed by atoms with E-state index in [-0.39, 0.29) is 18.8 Å². The van der Waals surface area contributed by atoms with Gasteiger partial charge in [0.25, 0.3) is 0 Å². The minimum atomic E-state index is -0.800. The Hall–Kier alpha value is -1.10. The van der Waals surface area contributed by atoms with E-state index in [0.717, 1.165) is 19.3 Å². The van der Waals surface area contributed by atoms with Gasteiger partial charge in [-0.25, -0.2) is 4.79 Å². The van der Waals surface area contributed by atoms with Crippen LogP contribution in [0.4, 0.5) is 0 Å². The molecular formula is C11H20O5. The highest BCUT2D eigenvalue weighted by Crippen LogP contribution is 2.04. The van der Waals surface area contributed by atoms with Crippen molar-refractivity contribution in [1.82, 2.24) is 0 Å². The van der Waals surface area contributed by atoms with Crippen LogP contribution < -0.4 is 0 Å². The van der Waals surface area contributed by atoms with Gasteiger partial charge in [-0.3, -0.25) is 9.68 Å². The molecule has 5 nitrogen and oxygen atoms in total. The third-order valence-electron chi connectivity index (χ3n) is 2.00. The lowest BCUT2D eigenvalue weighted by molar-refractivity contribution is -0.272. The zero-order valence-corrected chi connectivity index (χ0v) is 9.74. The normalized spacial score (nSPS) is 10.1. The molecule has 0 aromatic carbocycles. The summed E-state index contributed by atoms with van der Waals surface area (Å²) in [5.74, 6) is -1.18. The van der Waals surface area contributed by atoms with Gasteiger partial charge < -0.3 is 5.11 Å². The molecule has 0 aliphatic carbocycles. The van der Waals surface area contributed by atoms with Crippen LogP contribution in [-0.2, 0) is 19.4 Å². The molecule has 0 unspecified atom stereocenters. The zero-order valence-electron chi connectivity index (χ0n) is 9.74. The third-order valence-corrected chi connectivity index (χ3v) is 2.00. The highest BCUT2D eigenvalue weighted by Gasteiger charge is 2.04. The molecule has 0 saturated carbocycles. The highest BCUT2D eigenvalue weighted by molar-refractivity contribution is 5.68. The van der Waals surface area contributed by atoms with Crippen molar-refractivity contribution in [3.05, 3.63) is 0 Å². The molecule has 0 saturated heterocycles. The molecule has 5 heteroatoms. The molecule has 0 rings (SSSR count). The average Bonchev–Trinajstić information content (AvgIpc) is 2.23. The van der Waals surface area contributed by atoms with Crippen LogP contribution >= 0.6 is 0 Å². The van der Waals surface area contributed by atoms with E-state index in [1.54, 1.807) is 0 Å². The number of carbonyl (C=O) groups excluding carboxylic acids is 1. The molecule has 16 heavy (non-hydrogen) atoms. The first-order valence-corrected chi connectivity index (χ1v) is 5.71. The van der Waals surface area contributed by atoms with E-state index in [4.69, 9.17) is 5.11 Å². The van der Waals surface area contributed by atoms with Crippen molar-refractivity contribution in [3.8, 4) is 0 Å².